The molecule has 0 radical (unpaired) electrons. The number of hydrogen-bond donors (Lipinski definition) is 1. The fourth-order valence-corrected chi connectivity index (χ4v) is 3.24. The molecule has 5 nitrogen and oxygen atoms in total. The number of ether oxygens (including phenoxy) is 1. The Morgan fingerprint density at radius 1 is 1.42 bits per heavy atom. The zero-order chi connectivity index (χ0) is 14.5. The smallest absolute Gasteiger partial charge is 0.311 e. The maximum Gasteiger partial charge on any atom is 0.311 e. The third kappa shape index (κ3) is 6.17. The van der Waals surface area contributed by atoms with Gasteiger partial charge < -0.3 is 4.74 Å². The number of carbonyl (C=O) groups excluding carboxylic acids is 1. The van der Waals surface area contributed by atoms with Crippen molar-refractivity contribution in [1.82, 2.24) is 0 Å². The van der Waals surface area contributed by atoms with Crippen LogP contribution < -0.4 is 5.14 Å². The quantitative estimate of drug-likeness (QED) is 0.616. The molecule has 0 aliphatic heterocycles. The van der Waals surface area contributed by atoms with Crippen LogP contribution in [0, 0.1) is 5.92 Å². The minimum absolute atomic E-state index is 0.0649. The van der Waals surface area contributed by atoms with Crippen LogP contribution in [0.15, 0.2) is 16.3 Å². The van der Waals surface area contributed by atoms with Gasteiger partial charge in [0.1, 0.15) is 4.21 Å². The molecule has 1 heterocycles. The maximum atomic E-state index is 11.5. The van der Waals surface area contributed by atoms with Crippen LogP contribution in [0.2, 0.25) is 0 Å². The molecule has 0 saturated carbocycles. The summed E-state index contributed by atoms with van der Waals surface area (Å²) in [6.07, 6.45) is 1.94. The SMILES string of the molecule is CC(C)CCCOC(=O)Cc1ccc(S(N)(=O)=O)s1. The van der Waals surface area contributed by atoms with Gasteiger partial charge in [-0.25, -0.2) is 13.6 Å². The van der Waals surface area contributed by atoms with E-state index in [9.17, 15) is 13.2 Å². The summed E-state index contributed by atoms with van der Waals surface area (Å²) in [5.41, 5.74) is 0. The number of hydrogen-bond acceptors (Lipinski definition) is 5. The van der Waals surface area contributed by atoms with Gasteiger partial charge in [-0.05, 0) is 30.9 Å². The fraction of sp³-hybridized carbons (Fsp3) is 0.583. The van der Waals surface area contributed by atoms with Gasteiger partial charge in [-0.3, -0.25) is 4.79 Å². The van der Waals surface area contributed by atoms with Gasteiger partial charge in [-0.1, -0.05) is 13.8 Å². The molecular weight excluding hydrogens is 286 g/mol. The van der Waals surface area contributed by atoms with Crippen LogP contribution in [0.4, 0.5) is 0 Å². The molecule has 1 aromatic heterocycles. The van der Waals surface area contributed by atoms with Gasteiger partial charge in [-0.15, -0.1) is 11.3 Å². The van der Waals surface area contributed by atoms with Crippen molar-refractivity contribution in [1.29, 1.82) is 0 Å². The van der Waals surface area contributed by atoms with Crippen LogP contribution in [0.25, 0.3) is 0 Å². The molecule has 0 amide bonds. The summed E-state index contributed by atoms with van der Waals surface area (Å²) in [6.45, 7) is 4.63. The second-order valence-corrected chi connectivity index (χ2v) is 7.66. The van der Waals surface area contributed by atoms with E-state index in [2.05, 4.69) is 13.8 Å². The minimum Gasteiger partial charge on any atom is -0.465 e. The molecule has 0 aliphatic carbocycles. The van der Waals surface area contributed by atoms with E-state index < -0.39 is 10.0 Å². The van der Waals surface area contributed by atoms with Crippen molar-refractivity contribution in [3.05, 3.63) is 17.0 Å². The second-order valence-electron chi connectivity index (χ2n) is 4.70. The Kier molecular flexibility index (Phi) is 5.96. The molecule has 0 saturated heterocycles. The monoisotopic (exact) mass is 305 g/mol. The number of nitrogens with two attached hydrogens (primary N) is 1. The number of rotatable bonds is 7. The lowest BCUT2D eigenvalue weighted by Crippen LogP contribution is -2.10. The van der Waals surface area contributed by atoms with Crippen molar-refractivity contribution in [2.75, 3.05) is 6.61 Å². The first-order valence-electron chi connectivity index (χ1n) is 6.06. The van der Waals surface area contributed by atoms with E-state index in [-0.39, 0.29) is 16.6 Å². The topological polar surface area (TPSA) is 86.5 Å². The van der Waals surface area contributed by atoms with Crippen molar-refractivity contribution in [3.63, 3.8) is 0 Å². The van der Waals surface area contributed by atoms with Crippen molar-refractivity contribution in [2.45, 2.75) is 37.3 Å². The van der Waals surface area contributed by atoms with Gasteiger partial charge >= 0.3 is 5.97 Å². The summed E-state index contributed by atoms with van der Waals surface area (Å²) < 4.78 is 27.3. The highest BCUT2D eigenvalue weighted by atomic mass is 32.2. The molecule has 0 fully saturated rings. The predicted molar refractivity (Wildman–Crippen MR) is 74.4 cm³/mol. The maximum absolute atomic E-state index is 11.5. The van der Waals surface area contributed by atoms with Gasteiger partial charge in [-0.2, -0.15) is 0 Å². The molecule has 19 heavy (non-hydrogen) atoms. The van der Waals surface area contributed by atoms with Gasteiger partial charge in [0.15, 0.2) is 0 Å². The Bertz CT molecular complexity index is 520. The summed E-state index contributed by atoms with van der Waals surface area (Å²) in [5.74, 6) is 0.250. The lowest BCUT2D eigenvalue weighted by molar-refractivity contribution is -0.142. The highest BCUT2D eigenvalue weighted by Crippen LogP contribution is 2.20. The van der Waals surface area contributed by atoms with E-state index in [1.807, 2.05) is 0 Å². The predicted octanol–water partition coefficient (Wildman–Crippen LogP) is 1.92. The highest BCUT2D eigenvalue weighted by Gasteiger charge is 2.13. The van der Waals surface area contributed by atoms with E-state index in [1.54, 1.807) is 6.07 Å². The van der Waals surface area contributed by atoms with Crippen LogP contribution in [0.3, 0.4) is 0 Å². The number of sulfonamides is 1. The van der Waals surface area contributed by atoms with Gasteiger partial charge in [0, 0.05) is 4.88 Å². The number of thiophene rings is 1. The highest BCUT2D eigenvalue weighted by molar-refractivity contribution is 7.91. The van der Waals surface area contributed by atoms with Crippen LogP contribution in [0.1, 0.15) is 31.6 Å². The normalized spacial score (nSPS) is 11.8. The first-order valence-corrected chi connectivity index (χ1v) is 8.42. The summed E-state index contributed by atoms with van der Waals surface area (Å²) >= 11 is 0.998. The van der Waals surface area contributed by atoms with E-state index in [0.29, 0.717) is 17.4 Å². The van der Waals surface area contributed by atoms with Crippen molar-refractivity contribution >= 4 is 27.3 Å². The Morgan fingerprint density at radius 2 is 2.11 bits per heavy atom. The molecular formula is C12H19NO4S2. The van der Waals surface area contributed by atoms with E-state index >= 15 is 0 Å². The zero-order valence-corrected chi connectivity index (χ0v) is 12.7. The molecule has 0 atom stereocenters. The van der Waals surface area contributed by atoms with Crippen LogP contribution in [0.5, 0.6) is 0 Å². The van der Waals surface area contributed by atoms with Crippen molar-refractivity contribution < 1.29 is 17.9 Å². The summed E-state index contributed by atoms with van der Waals surface area (Å²) in [4.78, 5) is 12.2. The minimum atomic E-state index is -3.68. The third-order valence-corrected chi connectivity index (χ3v) is 4.95. The van der Waals surface area contributed by atoms with E-state index in [1.165, 1.54) is 6.07 Å². The lowest BCUT2D eigenvalue weighted by Gasteiger charge is -2.05. The molecule has 1 rings (SSSR count). The second kappa shape index (κ2) is 7.02. The molecule has 0 bridgehead atoms. The van der Waals surface area contributed by atoms with Gasteiger partial charge in [0.05, 0.1) is 13.0 Å². The van der Waals surface area contributed by atoms with Crippen molar-refractivity contribution in [2.24, 2.45) is 11.1 Å². The zero-order valence-electron chi connectivity index (χ0n) is 11.1. The Labute approximate surface area is 117 Å². The summed E-state index contributed by atoms with van der Waals surface area (Å²) in [7, 11) is -3.68. The van der Waals surface area contributed by atoms with Crippen LogP contribution in [-0.4, -0.2) is 21.0 Å². The average Bonchev–Trinajstić information content (AvgIpc) is 2.72. The third-order valence-electron chi connectivity index (χ3n) is 2.42. The molecule has 108 valence electrons. The Hall–Kier alpha value is -0.920. The molecule has 0 aliphatic rings. The summed E-state index contributed by atoms with van der Waals surface area (Å²) in [5, 5.41) is 4.99. The lowest BCUT2D eigenvalue weighted by atomic mass is 10.1. The molecule has 0 unspecified atom stereocenters. The Balaban J connectivity index is 2.39. The number of esters is 1. The molecule has 7 heteroatoms. The van der Waals surface area contributed by atoms with Gasteiger partial charge in [0.25, 0.3) is 0 Å². The average molecular weight is 305 g/mol. The fourth-order valence-electron chi connectivity index (χ4n) is 1.48. The van der Waals surface area contributed by atoms with Crippen molar-refractivity contribution in [3.8, 4) is 0 Å². The molecule has 0 spiro atoms. The van der Waals surface area contributed by atoms with E-state index in [4.69, 9.17) is 9.88 Å². The Morgan fingerprint density at radius 3 is 2.63 bits per heavy atom. The molecule has 2 N–H and O–H groups in total. The number of primary sulfonamides is 1. The number of carbonyl (C=O) groups is 1. The van der Waals surface area contributed by atoms with Crippen LogP contribution in [-0.2, 0) is 26.0 Å². The largest absolute Gasteiger partial charge is 0.465 e. The van der Waals surface area contributed by atoms with E-state index in [0.717, 1.165) is 24.2 Å². The standard InChI is InChI=1S/C12H19NO4S2/c1-9(2)4-3-7-17-11(14)8-10-5-6-12(18-10)19(13,15)16/h5-6,9H,3-4,7-8H2,1-2H3,(H2,13,15,16). The van der Waals surface area contributed by atoms with Crippen LogP contribution >= 0.6 is 11.3 Å². The summed E-state index contributed by atoms with van der Waals surface area (Å²) in [6, 6.07) is 2.99. The molecule has 0 aromatic carbocycles. The first-order chi connectivity index (χ1) is 8.79. The first kappa shape index (κ1) is 16.1. The molecule has 1 aromatic rings. The van der Waals surface area contributed by atoms with Gasteiger partial charge in [0.2, 0.25) is 10.0 Å².